The monoisotopic (exact) mass is 216 g/mol. The van der Waals surface area contributed by atoms with Crippen molar-refractivity contribution in [1.29, 1.82) is 0 Å². The number of benzene rings is 1. The maximum absolute atomic E-state index is 11.9. The number of ketones is 2. The Labute approximate surface area is 93.7 Å². The number of carbonyl (C=O) groups is 2. The quantitative estimate of drug-likeness (QED) is 0.760. The van der Waals surface area contributed by atoms with Crippen LogP contribution in [0.25, 0.3) is 0 Å². The lowest BCUT2D eigenvalue weighted by Crippen LogP contribution is -2.18. The normalized spacial score (nSPS) is 14.5. The topological polar surface area (TPSA) is 43.4 Å². The fraction of sp³-hybridized carbons (Fsp3) is 0.231. The molecule has 82 valence electrons. The van der Waals surface area contributed by atoms with Crippen molar-refractivity contribution in [3.63, 3.8) is 0 Å². The van der Waals surface area contributed by atoms with E-state index in [-0.39, 0.29) is 17.3 Å². The Kier molecular flexibility index (Phi) is 2.60. The van der Waals surface area contributed by atoms with E-state index >= 15 is 0 Å². The highest BCUT2D eigenvalue weighted by Crippen LogP contribution is 2.23. The molecule has 0 saturated carbocycles. The number of allylic oxidation sites excluding steroid dienone is 2. The van der Waals surface area contributed by atoms with Gasteiger partial charge in [-0.25, -0.2) is 0 Å². The van der Waals surface area contributed by atoms with Crippen LogP contribution in [-0.4, -0.2) is 18.7 Å². The number of Topliss-reactive ketones (excluding diaryl/α,β-unsaturated/α-hetero) is 1. The van der Waals surface area contributed by atoms with Gasteiger partial charge in [-0.2, -0.15) is 0 Å². The third kappa shape index (κ3) is 1.54. The molecule has 16 heavy (non-hydrogen) atoms. The predicted molar refractivity (Wildman–Crippen MR) is 59.6 cm³/mol. The minimum absolute atomic E-state index is 0.116. The highest BCUT2D eigenvalue weighted by atomic mass is 16.5. The van der Waals surface area contributed by atoms with Crippen LogP contribution in [0.3, 0.4) is 0 Å². The first-order chi connectivity index (χ1) is 7.67. The number of ether oxygens (including phenoxy) is 1. The molecule has 0 aliphatic heterocycles. The number of aryl methyl sites for hydroxylation is 1. The first-order valence-corrected chi connectivity index (χ1v) is 5.15. The molecule has 0 unspecified atom stereocenters. The molecule has 3 heteroatoms. The SMILES string of the molecule is CCc1ccc2c(c1)C(=O)C(OC)=CC2=O. The summed E-state index contributed by atoms with van der Waals surface area (Å²) in [6.45, 7) is 2.00. The van der Waals surface area contributed by atoms with E-state index in [0.29, 0.717) is 11.1 Å². The Balaban J connectivity index is 2.58. The third-order valence-corrected chi connectivity index (χ3v) is 2.71. The zero-order valence-corrected chi connectivity index (χ0v) is 9.24. The Morgan fingerprint density at radius 2 is 1.94 bits per heavy atom. The molecule has 0 saturated heterocycles. The number of fused-ring (bicyclic) bond motifs is 1. The van der Waals surface area contributed by atoms with Crippen LogP contribution in [0.15, 0.2) is 30.0 Å². The van der Waals surface area contributed by atoms with Crippen molar-refractivity contribution < 1.29 is 14.3 Å². The van der Waals surface area contributed by atoms with Crippen molar-refractivity contribution in [2.24, 2.45) is 0 Å². The molecule has 0 aromatic heterocycles. The fourth-order valence-corrected chi connectivity index (χ4v) is 1.76. The summed E-state index contributed by atoms with van der Waals surface area (Å²) in [6, 6.07) is 5.34. The minimum atomic E-state index is -0.215. The first-order valence-electron chi connectivity index (χ1n) is 5.15. The second kappa shape index (κ2) is 3.93. The Hall–Kier alpha value is -1.90. The second-order valence-electron chi connectivity index (χ2n) is 3.64. The number of hydrogen-bond donors (Lipinski definition) is 0. The Morgan fingerprint density at radius 3 is 2.56 bits per heavy atom. The lowest BCUT2D eigenvalue weighted by molar-refractivity contribution is 0.0916. The van der Waals surface area contributed by atoms with Crippen LogP contribution < -0.4 is 0 Å². The maximum atomic E-state index is 11.9. The average Bonchev–Trinajstić information content (AvgIpc) is 2.33. The summed E-state index contributed by atoms with van der Waals surface area (Å²) < 4.78 is 4.89. The van der Waals surface area contributed by atoms with Gasteiger partial charge in [-0.15, -0.1) is 0 Å². The van der Waals surface area contributed by atoms with Crippen LogP contribution in [0, 0.1) is 0 Å². The van der Waals surface area contributed by atoms with E-state index in [4.69, 9.17) is 4.74 Å². The molecule has 0 heterocycles. The van der Waals surface area contributed by atoms with Gasteiger partial charge in [0.15, 0.2) is 11.5 Å². The van der Waals surface area contributed by atoms with Gasteiger partial charge < -0.3 is 4.74 Å². The first kappa shape index (κ1) is 10.6. The molecule has 1 aliphatic carbocycles. The Bertz CT molecular complexity index is 498. The maximum Gasteiger partial charge on any atom is 0.228 e. The zero-order chi connectivity index (χ0) is 11.7. The lowest BCUT2D eigenvalue weighted by Gasteiger charge is -2.14. The highest BCUT2D eigenvalue weighted by molar-refractivity contribution is 6.23. The fourth-order valence-electron chi connectivity index (χ4n) is 1.76. The van der Waals surface area contributed by atoms with Crippen LogP contribution >= 0.6 is 0 Å². The largest absolute Gasteiger partial charge is 0.492 e. The molecule has 2 rings (SSSR count). The number of rotatable bonds is 2. The van der Waals surface area contributed by atoms with Gasteiger partial charge in [0.05, 0.1) is 7.11 Å². The van der Waals surface area contributed by atoms with Gasteiger partial charge >= 0.3 is 0 Å². The van der Waals surface area contributed by atoms with Gasteiger partial charge in [0, 0.05) is 17.2 Å². The Morgan fingerprint density at radius 1 is 1.19 bits per heavy atom. The summed E-state index contributed by atoms with van der Waals surface area (Å²) in [5, 5.41) is 0. The molecule has 0 radical (unpaired) electrons. The van der Waals surface area contributed by atoms with Crippen LogP contribution in [0.1, 0.15) is 33.2 Å². The van der Waals surface area contributed by atoms with Gasteiger partial charge in [0.25, 0.3) is 0 Å². The van der Waals surface area contributed by atoms with Crippen molar-refractivity contribution >= 4 is 11.6 Å². The molecule has 3 nitrogen and oxygen atoms in total. The summed E-state index contributed by atoms with van der Waals surface area (Å²) in [5.41, 5.74) is 1.95. The zero-order valence-electron chi connectivity index (χ0n) is 9.24. The second-order valence-corrected chi connectivity index (χ2v) is 3.64. The molecule has 0 bridgehead atoms. The number of hydrogen-bond acceptors (Lipinski definition) is 3. The van der Waals surface area contributed by atoms with E-state index in [2.05, 4.69) is 0 Å². The van der Waals surface area contributed by atoms with E-state index in [9.17, 15) is 9.59 Å². The summed E-state index contributed by atoms with van der Waals surface area (Å²) in [7, 11) is 1.39. The van der Waals surface area contributed by atoms with Crippen molar-refractivity contribution in [3.05, 3.63) is 46.7 Å². The molecule has 0 atom stereocenters. The molecule has 0 spiro atoms. The molecule has 1 aliphatic rings. The molecule has 0 amide bonds. The van der Waals surface area contributed by atoms with Gasteiger partial charge in [-0.3, -0.25) is 9.59 Å². The number of methoxy groups -OCH3 is 1. The molecule has 1 aromatic rings. The van der Waals surface area contributed by atoms with E-state index in [1.165, 1.54) is 13.2 Å². The van der Waals surface area contributed by atoms with Gasteiger partial charge in [0.1, 0.15) is 0 Å². The van der Waals surface area contributed by atoms with Gasteiger partial charge in [-0.1, -0.05) is 19.1 Å². The van der Waals surface area contributed by atoms with Crippen molar-refractivity contribution in [2.75, 3.05) is 7.11 Å². The third-order valence-electron chi connectivity index (χ3n) is 2.71. The van der Waals surface area contributed by atoms with Crippen LogP contribution in [0.5, 0.6) is 0 Å². The molecule has 1 aromatic carbocycles. The average molecular weight is 216 g/mol. The van der Waals surface area contributed by atoms with E-state index in [1.807, 2.05) is 13.0 Å². The standard InChI is InChI=1S/C13H12O3/c1-3-8-4-5-9-10(6-8)13(15)12(16-2)7-11(9)14/h4-7H,3H2,1-2H3. The number of carbonyl (C=O) groups excluding carboxylic acids is 2. The summed E-state index contributed by atoms with van der Waals surface area (Å²) in [4.78, 5) is 23.6. The smallest absolute Gasteiger partial charge is 0.228 e. The lowest BCUT2D eigenvalue weighted by atomic mass is 9.91. The van der Waals surface area contributed by atoms with E-state index in [0.717, 1.165) is 12.0 Å². The highest BCUT2D eigenvalue weighted by Gasteiger charge is 2.26. The van der Waals surface area contributed by atoms with Crippen LogP contribution in [-0.2, 0) is 11.2 Å². The van der Waals surface area contributed by atoms with E-state index in [1.54, 1.807) is 12.1 Å². The predicted octanol–water partition coefficient (Wildman–Crippen LogP) is 2.16. The molecular weight excluding hydrogens is 204 g/mol. The van der Waals surface area contributed by atoms with Crippen LogP contribution in [0.4, 0.5) is 0 Å². The molecule has 0 fully saturated rings. The van der Waals surface area contributed by atoms with Crippen molar-refractivity contribution in [3.8, 4) is 0 Å². The van der Waals surface area contributed by atoms with Gasteiger partial charge in [-0.05, 0) is 18.1 Å². The van der Waals surface area contributed by atoms with Crippen LogP contribution in [0.2, 0.25) is 0 Å². The summed E-state index contributed by atoms with van der Waals surface area (Å²) >= 11 is 0. The minimum Gasteiger partial charge on any atom is -0.492 e. The van der Waals surface area contributed by atoms with Crippen molar-refractivity contribution in [1.82, 2.24) is 0 Å². The summed E-state index contributed by atoms with van der Waals surface area (Å²) in [6.07, 6.45) is 2.08. The van der Waals surface area contributed by atoms with E-state index < -0.39 is 0 Å². The summed E-state index contributed by atoms with van der Waals surface area (Å²) in [5.74, 6) is -0.271. The van der Waals surface area contributed by atoms with Crippen molar-refractivity contribution in [2.45, 2.75) is 13.3 Å². The molecular formula is C13H12O3. The van der Waals surface area contributed by atoms with Gasteiger partial charge in [0.2, 0.25) is 5.78 Å². The molecule has 0 N–H and O–H groups in total.